The lowest BCUT2D eigenvalue weighted by Crippen LogP contribution is -2.00. The number of aromatic nitrogens is 4. The Morgan fingerprint density at radius 3 is 1.75 bits per heavy atom. The molecule has 4 heterocycles. The molecule has 0 aliphatic heterocycles. The summed E-state index contributed by atoms with van der Waals surface area (Å²) in [6.07, 6.45) is 0. The summed E-state index contributed by atoms with van der Waals surface area (Å²) in [6.45, 7) is 0. The van der Waals surface area contributed by atoms with E-state index in [0.717, 1.165) is 16.7 Å². The van der Waals surface area contributed by atoms with E-state index in [-0.39, 0.29) is 0 Å². The Labute approximate surface area is 255 Å². The normalized spacial score (nSPS) is 12.1. The monoisotopic (exact) mass is 578 g/mol. The second-order valence-electron chi connectivity index (χ2n) is 11.2. The van der Waals surface area contributed by atoms with E-state index in [1.54, 1.807) is 0 Å². The van der Waals surface area contributed by atoms with Gasteiger partial charge in [-0.25, -0.2) is 15.0 Å². The average Bonchev–Trinajstić information content (AvgIpc) is 3.76. The molecule has 0 unspecified atom stereocenters. The van der Waals surface area contributed by atoms with E-state index in [1.807, 2.05) is 47.7 Å². The highest BCUT2D eigenvalue weighted by molar-refractivity contribution is 7.26. The average molecular weight is 579 g/mol. The van der Waals surface area contributed by atoms with Gasteiger partial charge in [-0.15, -0.1) is 11.3 Å². The fraction of sp³-hybridized carbons (Fsp3) is 0. The number of hydrogen-bond acceptors (Lipinski definition) is 4. The van der Waals surface area contributed by atoms with Crippen molar-refractivity contribution < 1.29 is 0 Å². The second kappa shape index (κ2) is 8.93. The first kappa shape index (κ1) is 23.9. The highest BCUT2D eigenvalue weighted by Gasteiger charge is 2.22. The Morgan fingerprint density at radius 2 is 1.00 bits per heavy atom. The standard InChI is InChI=1S/C39H22N4S/c1-3-11-23(12-4-1)37-40-38(24-13-5-2-6-14-24)42-39(41-37)30-18-10-20-32-33(30)29-22-21-28-27-17-9-16-26-25-15-7-8-19-31(25)43(34(26)27)35(28)36(29)44-32/h1-22H. The van der Waals surface area contributed by atoms with Crippen LogP contribution in [-0.2, 0) is 0 Å². The molecule has 44 heavy (non-hydrogen) atoms. The van der Waals surface area contributed by atoms with Gasteiger partial charge in [0.25, 0.3) is 0 Å². The van der Waals surface area contributed by atoms with Crippen LogP contribution < -0.4 is 0 Å². The van der Waals surface area contributed by atoms with Crippen molar-refractivity contribution >= 4 is 69.6 Å². The van der Waals surface area contributed by atoms with Crippen LogP contribution in [0.25, 0.3) is 92.4 Å². The van der Waals surface area contributed by atoms with Crippen LogP contribution in [-0.4, -0.2) is 19.4 Å². The maximum Gasteiger partial charge on any atom is 0.164 e. The summed E-state index contributed by atoms with van der Waals surface area (Å²) >= 11 is 1.85. The summed E-state index contributed by atoms with van der Waals surface area (Å²) in [4.78, 5) is 15.1. The van der Waals surface area contributed by atoms with Gasteiger partial charge < -0.3 is 4.40 Å². The highest BCUT2D eigenvalue weighted by Crippen LogP contribution is 2.47. The SMILES string of the molecule is c1ccc(-c2nc(-c3ccccc3)nc(-c3cccc4sc5c(ccc6c7cccc8c9ccccc9n(c87)c65)c34)n2)cc1. The minimum Gasteiger partial charge on any atom is -0.307 e. The first-order chi connectivity index (χ1) is 21.8. The van der Waals surface area contributed by atoms with Crippen LogP contribution in [0.4, 0.5) is 0 Å². The van der Waals surface area contributed by atoms with Crippen LogP contribution in [0, 0.1) is 0 Å². The molecule has 4 aromatic heterocycles. The lowest BCUT2D eigenvalue weighted by Gasteiger charge is -2.09. The number of fused-ring (bicyclic) bond motifs is 10. The molecule has 0 bridgehead atoms. The number of para-hydroxylation sites is 2. The number of benzene rings is 6. The molecule has 0 atom stereocenters. The van der Waals surface area contributed by atoms with Crippen LogP contribution in [0.1, 0.15) is 0 Å². The smallest absolute Gasteiger partial charge is 0.164 e. The van der Waals surface area contributed by atoms with E-state index in [4.69, 9.17) is 15.0 Å². The van der Waals surface area contributed by atoms with Gasteiger partial charge in [0.15, 0.2) is 17.5 Å². The van der Waals surface area contributed by atoms with Crippen LogP contribution in [0.5, 0.6) is 0 Å². The quantitative estimate of drug-likeness (QED) is 0.209. The van der Waals surface area contributed by atoms with Crippen molar-refractivity contribution in [3.05, 3.63) is 133 Å². The van der Waals surface area contributed by atoms with Crippen LogP contribution in [0.2, 0.25) is 0 Å². The molecule has 0 radical (unpaired) electrons. The van der Waals surface area contributed by atoms with Crippen molar-refractivity contribution in [2.45, 2.75) is 0 Å². The van der Waals surface area contributed by atoms with E-state index in [9.17, 15) is 0 Å². The van der Waals surface area contributed by atoms with Crippen LogP contribution in [0.15, 0.2) is 133 Å². The summed E-state index contributed by atoms with van der Waals surface area (Å²) in [5, 5.41) is 7.59. The molecule has 0 amide bonds. The van der Waals surface area contributed by atoms with Crippen molar-refractivity contribution in [3.8, 4) is 34.2 Å². The maximum absolute atomic E-state index is 5.08. The molecule has 4 nitrogen and oxygen atoms in total. The van der Waals surface area contributed by atoms with Gasteiger partial charge in [-0.3, -0.25) is 0 Å². The molecule has 5 heteroatoms. The fourth-order valence-corrected chi connectivity index (χ4v) is 8.16. The largest absolute Gasteiger partial charge is 0.307 e. The third-order valence-corrected chi connectivity index (χ3v) is 9.97. The van der Waals surface area contributed by atoms with Crippen LogP contribution >= 0.6 is 11.3 Å². The maximum atomic E-state index is 5.08. The molecular weight excluding hydrogens is 557 g/mol. The predicted octanol–water partition coefficient (Wildman–Crippen LogP) is 10.4. The summed E-state index contributed by atoms with van der Waals surface area (Å²) in [6, 6.07) is 46.9. The Balaban J connectivity index is 1.31. The zero-order chi connectivity index (χ0) is 28.8. The minimum atomic E-state index is 0.670. The van der Waals surface area contributed by atoms with Crippen molar-refractivity contribution in [2.75, 3.05) is 0 Å². The summed E-state index contributed by atoms with van der Waals surface area (Å²) in [5.74, 6) is 2.02. The molecule has 0 spiro atoms. The van der Waals surface area contributed by atoms with Gasteiger partial charge >= 0.3 is 0 Å². The van der Waals surface area contributed by atoms with Gasteiger partial charge in [-0.1, -0.05) is 121 Å². The topological polar surface area (TPSA) is 43.1 Å². The minimum absolute atomic E-state index is 0.670. The van der Waals surface area contributed by atoms with Gasteiger partial charge in [0.2, 0.25) is 0 Å². The van der Waals surface area contributed by atoms with Crippen molar-refractivity contribution in [1.82, 2.24) is 19.4 Å². The van der Waals surface area contributed by atoms with Gasteiger partial charge in [-0.2, -0.15) is 0 Å². The molecule has 204 valence electrons. The third-order valence-electron chi connectivity index (χ3n) is 8.79. The van der Waals surface area contributed by atoms with Crippen molar-refractivity contribution in [2.24, 2.45) is 0 Å². The molecule has 6 aromatic carbocycles. The van der Waals surface area contributed by atoms with Crippen molar-refractivity contribution in [3.63, 3.8) is 0 Å². The fourth-order valence-electron chi connectivity index (χ4n) is 6.90. The van der Waals surface area contributed by atoms with E-state index in [0.29, 0.717) is 17.5 Å². The molecule has 10 aromatic rings. The second-order valence-corrected chi connectivity index (χ2v) is 12.3. The van der Waals surface area contributed by atoms with Crippen LogP contribution in [0.3, 0.4) is 0 Å². The Bertz CT molecular complexity index is 2650. The van der Waals surface area contributed by atoms with Gasteiger partial charge in [0.1, 0.15) is 0 Å². The highest BCUT2D eigenvalue weighted by atomic mass is 32.1. The third kappa shape index (κ3) is 3.24. The lowest BCUT2D eigenvalue weighted by molar-refractivity contribution is 1.08. The first-order valence-electron chi connectivity index (χ1n) is 14.7. The number of hydrogen-bond donors (Lipinski definition) is 0. The summed E-state index contributed by atoms with van der Waals surface area (Å²) in [7, 11) is 0. The Hall–Kier alpha value is -5.65. The molecule has 0 aliphatic carbocycles. The molecular formula is C39H22N4S. The van der Waals surface area contributed by atoms with E-state index in [2.05, 4.69) is 101 Å². The van der Waals surface area contributed by atoms with Gasteiger partial charge in [-0.05, 0) is 12.1 Å². The predicted molar refractivity (Wildman–Crippen MR) is 184 cm³/mol. The zero-order valence-electron chi connectivity index (χ0n) is 23.4. The number of rotatable bonds is 3. The van der Waals surface area contributed by atoms with Crippen molar-refractivity contribution in [1.29, 1.82) is 0 Å². The zero-order valence-corrected chi connectivity index (χ0v) is 24.2. The van der Waals surface area contributed by atoms with Gasteiger partial charge in [0.05, 0.1) is 21.3 Å². The molecule has 0 saturated carbocycles. The summed E-state index contributed by atoms with van der Waals surface area (Å²) < 4.78 is 4.98. The van der Waals surface area contributed by atoms with E-state index < -0.39 is 0 Å². The number of nitrogens with zero attached hydrogens (tertiary/aromatic N) is 4. The molecule has 10 rings (SSSR count). The Morgan fingerprint density at radius 1 is 0.432 bits per heavy atom. The molecule has 0 fully saturated rings. The van der Waals surface area contributed by atoms with E-state index >= 15 is 0 Å². The number of thiophene rings is 1. The Kier molecular flexibility index (Phi) is 4.84. The summed E-state index contributed by atoms with van der Waals surface area (Å²) in [5.41, 5.74) is 6.77. The lowest BCUT2D eigenvalue weighted by atomic mass is 10.0. The molecule has 0 N–H and O–H groups in total. The van der Waals surface area contributed by atoms with Gasteiger partial charge in [0, 0.05) is 53.7 Å². The van der Waals surface area contributed by atoms with E-state index in [1.165, 1.54) is 58.3 Å². The first-order valence-corrected chi connectivity index (χ1v) is 15.5. The molecule has 0 saturated heterocycles. The molecule has 0 aliphatic rings.